The van der Waals surface area contributed by atoms with Gasteiger partial charge in [-0.1, -0.05) is 0 Å². The number of nitro groups is 1. The highest BCUT2D eigenvalue weighted by Gasteiger charge is 2.23. The number of nitrogens with one attached hydrogen (secondary N) is 1. The van der Waals surface area contributed by atoms with Crippen LogP contribution < -0.4 is 5.32 Å². The molecule has 0 bridgehead atoms. The third kappa shape index (κ3) is 3.26. The van der Waals surface area contributed by atoms with Crippen LogP contribution in [0.4, 0.5) is 11.4 Å². The standard InChI is InChI=1S/C14H19N3O3/c1-10-7-12(9-13(8-10)17(19)20)15-11(2)14(18)16-5-3-4-6-16/h7-9,11,15H,3-6H2,1-2H3. The van der Waals surface area contributed by atoms with Gasteiger partial charge in [0.15, 0.2) is 0 Å². The smallest absolute Gasteiger partial charge is 0.271 e. The van der Waals surface area contributed by atoms with Gasteiger partial charge in [-0.15, -0.1) is 0 Å². The number of carbonyl (C=O) groups excluding carboxylic acids is 1. The Morgan fingerprint density at radius 2 is 2.00 bits per heavy atom. The maximum atomic E-state index is 12.2. The molecule has 1 unspecified atom stereocenters. The summed E-state index contributed by atoms with van der Waals surface area (Å²) in [6.07, 6.45) is 2.10. The monoisotopic (exact) mass is 277 g/mol. The van der Waals surface area contributed by atoms with Crippen LogP contribution in [-0.2, 0) is 4.79 Å². The zero-order valence-electron chi connectivity index (χ0n) is 11.8. The molecule has 1 aliphatic rings. The van der Waals surface area contributed by atoms with E-state index >= 15 is 0 Å². The zero-order chi connectivity index (χ0) is 14.7. The molecule has 1 aromatic rings. The number of nitro benzene ring substituents is 1. The summed E-state index contributed by atoms with van der Waals surface area (Å²) >= 11 is 0. The molecule has 1 aliphatic heterocycles. The minimum absolute atomic E-state index is 0.0355. The van der Waals surface area contributed by atoms with Crippen LogP contribution in [0.25, 0.3) is 0 Å². The molecule has 0 spiro atoms. The third-order valence-electron chi connectivity index (χ3n) is 3.44. The lowest BCUT2D eigenvalue weighted by Crippen LogP contribution is -2.39. The van der Waals surface area contributed by atoms with Crippen molar-refractivity contribution in [2.45, 2.75) is 32.7 Å². The molecule has 0 radical (unpaired) electrons. The van der Waals surface area contributed by atoms with E-state index in [0.29, 0.717) is 5.69 Å². The van der Waals surface area contributed by atoms with Crippen LogP contribution in [0.3, 0.4) is 0 Å². The van der Waals surface area contributed by atoms with Crippen LogP contribution in [0.1, 0.15) is 25.3 Å². The van der Waals surface area contributed by atoms with E-state index in [1.165, 1.54) is 12.1 Å². The SMILES string of the molecule is Cc1cc(NC(C)C(=O)N2CCCC2)cc([N+](=O)[O-])c1. The van der Waals surface area contributed by atoms with E-state index in [9.17, 15) is 14.9 Å². The summed E-state index contributed by atoms with van der Waals surface area (Å²) in [4.78, 5) is 24.4. The highest BCUT2D eigenvalue weighted by atomic mass is 16.6. The van der Waals surface area contributed by atoms with Crippen molar-refractivity contribution in [3.05, 3.63) is 33.9 Å². The lowest BCUT2D eigenvalue weighted by atomic mass is 10.1. The van der Waals surface area contributed by atoms with Gasteiger partial charge in [-0.25, -0.2) is 0 Å². The van der Waals surface area contributed by atoms with Crippen molar-refractivity contribution in [2.75, 3.05) is 18.4 Å². The summed E-state index contributed by atoms with van der Waals surface area (Å²) < 4.78 is 0. The number of carbonyl (C=O) groups is 1. The van der Waals surface area contributed by atoms with Crippen molar-refractivity contribution in [3.8, 4) is 0 Å². The van der Waals surface area contributed by atoms with Crippen LogP contribution >= 0.6 is 0 Å². The molecule has 6 nitrogen and oxygen atoms in total. The molecule has 6 heteroatoms. The topological polar surface area (TPSA) is 75.5 Å². The van der Waals surface area contributed by atoms with E-state index in [2.05, 4.69) is 5.32 Å². The second kappa shape index (κ2) is 5.90. The maximum absolute atomic E-state index is 12.2. The molecule has 0 aliphatic carbocycles. The number of non-ortho nitro benzene ring substituents is 1. The number of benzene rings is 1. The molecule has 1 aromatic carbocycles. The number of likely N-dealkylation sites (tertiary alicyclic amines) is 1. The highest BCUT2D eigenvalue weighted by Crippen LogP contribution is 2.21. The molecular weight excluding hydrogens is 258 g/mol. The molecule has 1 fully saturated rings. The van der Waals surface area contributed by atoms with Gasteiger partial charge in [-0.05, 0) is 38.3 Å². The van der Waals surface area contributed by atoms with Gasteiger partial charge in [0.2, 0.25) is 5.91 Å². The summed E-state index contributed by atoms with van der Waals surface area (Å²) in [5.41, 5.74) is 1.44. The van der Waals surface area contributed by atoms with Gasteiger partial charge in [0.1, 0.15) is 6.04 Å². The second-order valence-electron chi connectivity index (χ2n) is 5.21. The Morgan fingerprint density at radius 1 is 1.35 bits per heavy atom. The van der Waals surface area contributed by atoms with Crippen LogP contribution in [0.2, 0.25) is 0 Å². The molecule has 108 valence electrons. The lowest BCUT2D eigenvalue weighted by Gasteiger charge is -2.22. The predicted octanol–water partition coefficient (Wildman–Crippen LogP) is 2.33. The normalized spacial score (nSPS) is 16.0. The first-order valence-electron chi connectivity index (χ1n) is 6.79. The Hall–Kier alpha value is -2.11. The van der Waals surface area contributed by atoms with Gasteiger partial charge in [-0.3, -0.25) is 14.9 Å². The van der Waals surface area contributed by atoms with E-state index in [0.717, 1.165) is 31.5 Å². The summed E-state index contributed by atoms with van der Waals surface area (Å²) in [6.45, 7) is 5.19. The first-order chi connectivity index (χ1) is 9.47. The van der Waals surface area contributed by atoms with Crippen molar-refractivity contribution in [1.82, 2.24) is 4.90 Å². The molecule has 1 N–H and O–H groups in total. The van der Waals surface area contributed by atoms with Gasteiger partial charge >= 0.3 is 0 Å². The van der Waals surface area contributed by atoms with Crippen LogP contribution in [0.5, 0.6) is 0 Å². The molecular formula is C14H19N3O3. The van der Waals surface area contributed by atoms with Crippen molar-refractivity contribution in [1.29, 1.82) is 0 Å². The van der Waals surface area contributed by atoms with Gasteiger partial charge in [0.05, 0.1) is 4.92 Å². The van der Waals surface area contributed by atoms with Crippen molar-refractivity contribution in [2.24, 2.45) is 0 Å². The number of amides is 1. The maximum Gasteiger partial charge on any atom is 0.271 e. The van der Waals surface area contributed by atoms with E-state index in [-0.39, 0.29) is 17.6 Å². The minimum atomic E-state index is -0.425. The first-order valence-corrected chi connectivity index (χ1v) is 6.79. The van der Waals surface area contributed by atoms with Gasteiger partial charge in [-0.2, -0.15) is 0 Å². The third-order valence-corrected chi connectivity index (χ3v) is 3.44. The number of anilines is 1. The number of aryl methyl sites for hydroxylation is 1. The van der Waals surface area contributed by atoms with Crippen LogP contribution in [-0.4, -0.2) is 34.9 Å². The Balaban J connectivity index is 2.08. The number of rotatable bonds is 4. The van der Waals surface area contributed by atoms with Gasteiger partial charge in [0.25, 0.3) is 5.69 Å². The fourth-order valence-corrected chi connectivity index (χ4v) is 2.47. The summed E-state index contributed by atoms with van der Waals surface area (Å²) in [7, 11) is 0. The quantitative estimate of drug-likeness (QED) is 0.677. The molecule has 1 atom stereocenters. The van der Waals surface area contributed by atoms with Crippen molar-refractivity contribution >= 4 is 17.3 Å². The minimum Gasteiger partial charge on any atom is -0.374 e. The number of nitrogens with zero attached hydrogens (tertiary/aromatic N) is 2. The van der Waals surface area contributed by atoms with E-state index in [1.54, 1.807) is 19.9 Å². The van der Waals surface area contributed by atoms with Crippen LogP contribution in [0.15, 0.2) is 18.2 Å². The average Bonchev–Trinajstić information content (AvgIpc) is 2.90. The van der Waals surface area contributed by atoms with Gasteiger partial charge in [0, 0.05) is 30.9 Å². The number of hydrogen-bond donors (Lipinski definition) is 1. The van der Waals surface area contributed by atoms with Crippen molar-refractivity contribution < 1.29 is 9.72 Å². The van der Waals surface area contributed by atoms with E-state index in [1.807, 2.05) is 4.90 Å². The Morgan fingerprint density at radius 3 is 2.60 bits per heavy atom. The zero-order valence-corrected chi connectivity index (χ0v) is 11.8. The second-order valence-corrected chi connectivity index (χ2v) is 5.21. The molecule has 1 amide bonds. The van der Waals surface area contributed by atoms with Crippen LogP contribution in [0, 0.1) is 17.0 Å². The Kier molecular flexibility index (Phi) is 4.22. The molecule has 0 saturated carbocycles. The average molecular weight is 277 g/mol. The van der Waals surface area contributed by atoms with Crippen molar-refractivity contribution in [3.63, 3.8) is 0 Å². The fourth-order valence-electron chi connectivity index (χ4n) is 2.47. The van der Waals surface area contributed by atoms with E-state index in [4.69, 9.17) is 0 Å². The highest BCUT2D eigenvalue weighted by molar-refractivity contribution is 5.84. The molecule has 20 heavy (non-hydrogen) atoms. The molecule has 2 rings (SSSR count). The molecule has 1 saturated heterocycles. The fraction of sp³-hybridized carbons (Fsp3) is 0.500. The summed E-state index contributed by atoms with van der Waals surface area (Å²) in [5, 5.41) is 13.9. The molecule has 1 heterocycles. The largest absolute Gasteiger partial charge is 0.374 e. The Labute approximate surface area is 117 Å². The van der Waals surface area contributed by atoms with Gasteiger partial charge < -0.3 is 10.2 Å². The van der Waals surface area contributed by atoms with E-state index < -0.39 is 4.92 Å². The number of hydrogen-bond acceptors (Lipinski definition) is 4. The summed E-state index contributed by atoms with van der Waals surface area (Å²) in [5.74, 6) is 0.0478. The Bertz CT molecular complexity index is 524. The first kappa shape index (κ1) is 14.3. The lowest BCUT2D eigenvalue weighted by molar-refractivity contribution is -0.384. The summed E-state index contributed by atoms with van der Waals surface area (Å²) in [6, 6.07) is 4.40. The predicted molar refractivity (Wildman–Crippen MR) is 76.7 cm³/mol. The molecule has 0 aromatic heterocycles.